The van der Waals surface area contributed by atoms with Crippen molar-refractivity contribution >= 4 is 24.4 Å². The van der Waals surface area contributed by atoms with Gasteiger partial charge in [-0.15, -0.1) is 0 Å². The van der Waals surface area contributed by atoms with Gasteiger partial charge in [-0.2, -0.15) is 0 Å². The summed E-state index contributed by atoms with van der Waals surface area (Å²) in [4.78, 5) is 2.26. The average molecular weight is 481 g/mol. The van der Waals surface area contributed by atoms with E-state index in [2.05, 4.69) is 89.8 Å². The third-order valence-corrected chi connectivity index (χ3v) is 7.41. The summed E-state index contributed by atoms with van der Waals surface area (Å²) >= 11 is 0. The number of nitrogens with zero attached hydrogens (tertiary/aromatic N) is 1. The Hall–Kier alpha value is -4.32. The first-order valence-corrected chi connectivity index (χ1v) is 12.5. The molecule has 7 rings (SSSR count). The molecule has 0 amide bonds. The molecule has 0 spiro atoms. The maximum atomic E-state index is 9.19. The van der Waals surface area contributed by atoms with Crippen LogP contribution in [-0.4, -0.2) is 17.4 Å². The monoisotopic (exact) mass is 481 g/mol. The molecule has 2 N–H and O–H groups in total. The summed E-state index contributed by atoms with van der Waals surface area (Å²) in [6.07, 6.45) is 1.85. The first-order valence-electron chi connectivity index (χ1n) is 12.5. The van der Waals surface area contributed by atoms with Crippen molar-refractivity contribution in [1.29, 1.82) is 0 Å². The smallest absolute Gasteiger partial charge is 0.512 e. The van der Waals surface area contributed by atoms with Crippen molar-refractivity contribution in [1.82, 2.24) is 0 Å². The second-order valence-electron chi connectivity index (χ2n) is 9.62. The molecule has 0 saturated carbocycles. The summed E-state index contributed by atoms with van der Waals surface area (Å²) in [5, 5.41) is 18.4. The van der Waals surface area contributed by atoms with E-state index in [1.54, 1.807) is 12.1 Å². The molecule has 178 valence electrons. The molecule has 0 bridgehead atoms. The van der Waals surface area contributed by atoms with Crippen LogP contribution in [0.2, 0.25) is 0 Å². The zero-order chi connectivity index (χ0) is 24.9. The summed E-state index contributed by atoms with van der Waals surface area (Å²) in [5.41, 5.74) is 13.7. The number of fused-ring (bicyclic) bond motifs is 6. The third-order valence-electron chi connectivity index (χ3n) is 7.41. The molecule has 0 radical (unpaired) electrons. The van der Waals surface area contributed by atoms with E-state index >= 15 is 0 Å². The second-order valence-corrected chi connectivity index (χ2v) is 9.62. The first kappa shape index (κ1) is 21.9. The van der Waals surface area contributed by atoms with Crippen LogP contribution in [0.1, 0.15) is 22.3 Å². The van der Waals surface area contributed by atoms with Crippen molar-refractivity contribution in [2.75, 3.05) is 4.90 Å². The number of anilines is 3. The molecule has 0 saturated heterocycles. The molecular weight excluding hydrogens is 457 g/mol. The molecule has 2 aliphatic carbocycles. The molecular formula is C32H24BNO3. The van der Waals surface area contributed by atoms with Crippen LogP contribution in [0.5, 0.6) is 5.75 Å². The average Bonchev–Trinajstić information content (AvgIpc) is 3.47. The minimum Gasteiger partial charge on any atom is -0.512 e. The van der Waals surface area contributed by atoms with Gasteiger partial charge in [0.25, 0.3) is 0 Å². The van der Waals surface area contributed by atoms with E-state index in [-0.39, 0.29) is 0 Å². The SMILES string of the molecule is OB(O)Oc1ccc(N(c2ccc3c(c2)Cc2ccccc2-3)c2ccc3c(c2)Cc2ccccc2-3)cc1. The Kier molecular flexibility index (Phi) is 5.13. The van der Waals surface area contributed by atoms with Crippen molar-refractivity contribution in [3.63, 3.8) is 0 Å². The lowest BCUT2D eigenvalue weighted by molar-refractivity contribution is 0.288. The summed E-state index contributed by atoms with van der Waals surface area (Å²) in [5.74, 6) is 0.396. The van der Waals surface area contributed by atoms with Gasteiger partial charge in [0.05, 0.1) is 0 Å². The zero-order valence-electron chi connectivity index (χ0n) is 20.1. The third kappa shape index (κ3) is 3.80. The van der Waals surface area contributed by atoms with Crippen molar-refractivity contribution in [2.24, 2.45) is 0 Å². The van der Waals surface area contributed by atoms with Crippen LogP contribution in [0.15, 0.2) is 109 Å². The van der Waals surface area contributed by atoms with Crippen LogP contribution in [0, 0.1) is 0 Å². The summed E-state index contributed by atoms with van der Waals surface area (Å²) in [6.45, 7) is 0. The molecule has 0 fully saturated rings. The van der Waals surface area contributed by atoms with Gasteiger partial charge in [-0.1, -0.05) is 60.7 Å². The highest BCUT2D eigenvalue weighted by molar-refractivity contribution is 6.33. The highest BCUT2D eigenvalue weighted by Crippen LogP contribution is 2.44. The lowest BCUT2D eigenvalue weighted by Gasteiger charge is -2.27. The molecule has 37 heavy (non-hydrogen) atoms. The van der Waals surface area contributed by atoms with E-state index in [1.807, 2.05) is 12.1 Å². The van der Waals surface area contributed by atoms with Gasteiger partial charge in [0.1, 0.15) is 5.75 Å². The maximum absolute atomic E-state index is 9.19. The fraction of sp³-hybridized carbons (Fsp3) is 0.0625. The van der Waals surface area contributed by atoms with E-state index in [9.17, 15) is 10.0 Å². The lowest BCUT2D eigenvalue weighted by Crippen LogP contribution is -2.20. The Morgan fingerprint density at radius 1 is 0.514 bits per heavy atom. The fourth-order valence-electron chi connectivity index (χ4n) is 5.78. The van der Waals surface area contributed by atoms with Gasteiger partial charge in [0.15, 0.2) is 0 Å². The highest BCUT2D eigenvalue weighted by atomic mass is 16.6. The van der Waals surface area contributed by atoms with Crippen LogP contribution in [0.25, 0.3) is 22.3 Å². The minimum absolute atomic E-state index is 0.396. The number of hydrogen-bond donors (Lipinski definition) is 2. The van der Waals surface area contributed by atoms with Crippen LogP contribution in [0.4, 0.5) is 17.1 Å². The summed E-state index contributed by atoms with van der Waals surface area (Å²) in [6, 6.07) is 38.0. The van der Waals surface area contributed by atoms with Gasteiger partial charge < -0.3 is 19.6 Å². The Morgan fingerprint density at radius 3 is 1.49 bits per heavy atom. The Morgan fingerprint density at radius 2 is 0.973 bits per heavy atom. The minimum atomic E-state index is -1.85. The van der Waals surface area contributed by atoms with Gasteiger partial charge in [0.2, 0.25) is 0 Å². The quantitative estimate of drug-likeness (QED) is 0.271. The van der Waals surface area contributed by atoms with E-state index in [0.29, 0.717) is 5.75 Å². The van der Waals surface area contributed by atoms with Gasteiger partial charge in [-0.3, -0.25) is 0 Å². The molecule has 0 heterocycles. The predicted molar refractivity (Wildman–Crippen MR) is 148 cm³/mol. The van der Waals surface area contributed by atoms with E-state index in [1.165, 1.54) is 44.5 Å². The molecule has 0 aliphatic heterocycles. The van der Waals surface area contributed by atoms with Crippen LogP contribution in [0.3, 0.4) is 0 Å². The topological polar surface area (TPSA) is 52.9 Å². The molecule has 5 aromatic carbocycles. The Balaban J connectivity index is 1.32. The number of benzene rings is 5. The molecule has 4 nitrogen and oxygen atoms in total. The van der Waals surface area contributed by atoms with E-state index in [0.717, 1.165) is 29.9 Å². The molecule has 0 unspecified atom stereocenters. The molecule has 0 atom stereocenters. The standard InChI is InChI=1S/C32H24BNO3/c35-33(36)37-28-13-9-25(10-14-28)34(26-11-15-31-23(19-26)17-21-5-1-3-7-29(21)31)27-12-16-32-24(20-27)18-22-6-2-4-8-30(22)32/h1-16,19-20,35-36H,17-18H2. The van der Waals surface area contributed by atoms with Gasteiger partial charge in [0, 0.05) is 17.1 Å². The molecule has 2 aliphatic rings. The van der Waals surface area contributed by atoms with Crippen LogP contribution in [-0.2, 0) is 12.8 Å². The molecule has 5 aromatic rings. The summed E-state index contributed by atoms with van der Waals surface area (Å²) in [7, 11) is -1.85. The zero-order valence-corrected chi connectivity index (χ0v) is 20.1. The Bertz CT molecular complexity index is 1550. The summed E-state index contributed by atoms with van der Waals surface area (Å²) < 4.78 is 5.05. The maximum Gasteiger partial charge on any atom is 0.707 e. The van der Waals surface area contributed by atoms with E-state index < -0.39 is 7.32 Å². The highest BCUT2D eigenvalue weighted by Gasteiger charge is 2.23. The van der Waals surface area contributed by atoms with Crippen molar-refractivity contribution in [2.45, 2.75) is 12.8 Å². The second kappa shape index (κ2) is 8.66. The fourth-order valence-corrected chi connectivity index (χ4v) is 5.78. The molecule has 5 heteroatoms. The van der Waals surface area contributed by atoms with Crippen molar-refractivity contribution in [3.8, 4) is 28.0 Å². The number of hydrogen-bond acceptors (Lipinski definition) is 4. The normalized spacial score (nSPS) is 12.4. The van der Waals surface area contributed by atoms with Gasteiger partial charge in [-0.25, -0.2) is 0 Å². The Labute approximate surface area is 216 Å². The molecule has 0 aromatic heterocycles. The van der Waals surface area contributed by atoms with Gasteiger partial charge >= 0.3 is 7.32 Å². The van der Waals surface area contributed by atoms with Gasteiger partial charge in [-0.05, 0) is 106 Å². The van der Waals surface area contributed by atoms with Crippen molar-refractivity contribution in [3.05, 3.63) is 131 Å². The lowest BCUT2D eigenvalue weighted by atomic mass is 10.0. The first-order chi connectivity index (χ1) is 18.1. The van der Waals surface area contributed by atoms with E-state index in [4.69, 9.17) is 4.65 Å². The van der Waals surface area contributed by atoms with Crippen LogP contribution < -0.4 is 9.55 Å². The largest absolute Gasteiger partial charge is 0.707 e. The van der Waals surface area contributed by atoms with Crippen molar-refractivity contribution < 1.29 is 14.7 Å². The van der Waals surface area contributed by atoms with Crippen LogP contribution >= 0.6 is 0 Å². The predicted octanol–water partition coefficient (Wildman–Crippen LogP) is 6.65. The number of rotatable bonds is 5.